The van der Waals surface area contributed by atoms with Gasteiger partial charge in [-0.2, -0.15) is 18.3 Å². The fourth-order valence-electron chi connectivity index (χ4n) is 2.54. The number of pyridine rings is 1. The van der Waals surface area contributed by atoms with E-state index >= 15 is 0 Å². The lowest BCUT2D eigenvalue weighted by Crippen LogP contribution is -2.20. The van der Waals surface area contributed by atoms with E-state index in [4.69, 9.17) is 23.2 Å². The maximum absolute atomic E-state index is 13.2. The highest BCUT2D eigenvalue weighted by atomic mass is 79.9. The van der Waals surface area contributed by atoms with Gasteiger partial charge < -0.3 is 10.1 Å². The minimum Gasteiger partial charge on any atom is -0.453 e. The van der Waals surface area contributed by atoms with Gasteiger partial charge in [0.15, 0.2) is 5.82 Å². The van der Waals surface area contributed by atoms with Crippen LogP contribution in [0.3, 0.4) is 0 Å². The Bertz CT molecular complexity index is 1200. The van der Waals surface area contributed by atoms with Crippen LogP contribution in [0.2, 0.25) is 10.0 Å². The van der Waals surface area contributed by atoms with E-state index in [1.165, 1.54) is 18.3 Å². The quantitative estimate of drug-likeness (QED) is 0.427. The number of halogens is 6. The average molecular weight is 553 g/mol. The van der Waals surface area contributed by atoms with Crippen molar-refractivity contribution in [3.63, 3.8) is 0 Å². The van der Waals surface area contributed by atoms with Gasteiger partial charge in [0.05, 0.1) is 34.1 Å². The fourth-order valence-corrected chi connectivity index (χ4v) is 3.39. The van der Waals surface area contributed by atoms with Crippen molar-refractivity contribution in [2.24, 2.45) is 0 Å². The molecular formula is C18H11BrCl2F3N5O3. The van der Waals surface area contributed by atoms with Crippen LogP contribution in [-0.4, -0.2) is 33.9 Å². The SMILES string of the molecule is COC(=O)Nc1cc(C(F)(F)F)cc(Cl)c1NC(=O)c1cc(Br)nn1-c1ncccc1Cl. The van der Waals surface area contributed by atoms with Crippen LogP contribution in [0.4, 0.5) is 29.3 Å². The molecule has 2 N–H and O–H groups in total. The van der Waals surface area contributed by atoms with Crippen molar-refractivity contribution in [3.8, 4) is 5.82 Å². The van der Waals surface area contributed by atoms with Crippen molar-refractivity contribution >= 4 is 62.5 Å². The maximum atomic E-state index is 13.2. The molecule has 3 rings (SSSR count). The van der Waals surface area contributed by atoms with Gasteiger partial charge in [-0.25, -0.2) is 14.5 Å². The Labute approximate surface area is 196 Å². The predicted molar refractivity (Wildman–Crippen MR) is 115 cm³/mol. The lowest BCUT2D eigenvalue weighted by atomic mass is 10.1. The molecule has 1 aromatic carbocycles. The Kier molecular flexibility index (Phi) is 6.96. The first kappa shape index (κ1) is 23.8. The highest BCUT2D eigenvalue weighted by Crippen LogP contribution is 2.39. The molecule has 2 heterocycles. The van der Waals surface area contributed by atoms with Crippen LogP contribution >= 0.6 is 39.1 Å². The lowest BCUT2D eigenvalue weighted by molar-refractivity contribution is -0.137. The minimum absolute atomic E-state index is 0.0718. The van der Waals surface area contributed by atoms with Crippen LogP contribution < -0.4 is 10.6 Å². The number of anilines is 2. The minimum atomic E-state index is -4.75. The average Bonchev–Trinajstić information content (AvgIpc) is 3.11. The third kappa shape index (κ3) is 5.14. The van der Waals surface area contributed by atoms with Crippen LogP contribution in [0.5, 0.6) is 0 Å². The van der Waals surface area contributed by atoms with Crippen molar-refractivity contribution in [1.82, 2.24) is 14.8 Å². The Morgan fingerprint density at radius 3 is 2.50 bits per heavy atom. The monoisotopic (exact) mass is 551 g/mol. The molecule has 0 bridgehead atoms. The van der Waals surface area contributed by atoms with Gasteiger partial charge >= 0.3 is 12.3 Å². The van der Waals surface area contributed by atoms with Gasteiger partial charge in [-0.3, -0.25) is 10.1 Å². The van der Waals surface area contributed by atoms with E-state index in [0.29, 0.717) is 12.1 Å². The van der Waals surface area contributed by atoms with Gasteiger partial charge in [0.2, 0.25) is 0 Å². The number of rotatable bonds is 4. The molecule has 0 saturated carbocycles. The molecule has 168 valence electrons. The highest BCUT2D eigenvalue weighted by Gasteiger charge is 2.33. The summed E-state index contributed by atoms with van der Waals surface area (Å²) in [6.45, 7) is 0. The first-order valence-corrected chi connectivity index (χ1v) is 9.99. The molecule has 0 atom stereocenters. The number of ether oxygens (including phenoxy) is 1. The summed E-state index contributed by atoms with van der Waals surface area (Å²) >= 11 is 15.3. The zero-order valence-corrected chi connectivity index (χ0v) is 18.9. The summed E-state index contributed by atoms with van der Waals surface area (Å²) in [5.41, 5.74) is -1.92. The molecule has 0 aliphatic rings. The van der Waals surface area contributed by atoms with E-state index in [-0.39, 0.29) is 26.8 Å². The van der Waals surface area contributed by atoms with Gasteiger partial charge in [-0.05, 0) is 40.2 Å². The van der Waals surface area contributed by atoms with E-state index in [1.54, 1.807) is 6.07 Å². The third-order valence-corrected chi connectivity index (χ3v) is 4.91. The normalized spacial score (nSPS) is 11.2. The zero-order valence-electron chi connectivity index (χ0n) is 15.8. The highest BCUT2D eigenvalue weighted by molar-refractivity contribution is 9.10. The van der Waals surface area contributed by atoms with E-state index in [9.17, 15) is 22.8 Å². The van der Waals surface area contributed by atoms with Crippen LogP contribution in [-0.2, 0) is 10.9 Å². The number of hydrogen-bond acceptors (Lipinski definition) is 5. The number of aromatic nitrogens is 3. The summed E-state index contributed by atoms with van der Waals surface area (Å²) in [6.07, 6.45) is -4.38. The fraction of sp³-hybridized carbons (Fsp3) is 0.111. The number of hydrogen-bond donors (Lipinski definition) is 2. The Balaban J connectivity index is 2.05. The molecule has 32 heavy (non-hydrogen) atoms. The van der Waals surface area contributed by atoms with Crippen LogP contribution in [0.25, 0.3) is 5.82 Å². The summed E-state index contributed by atoms with van der Waals surface area (Å²) < 4.78 is 45.4. The van der Waals surface area contributed by atoms with Crippen molar-refractivity contribution in [2.75, 3.05) is 17.7 Å². The molecular weight excluding hydrogens is 542 g/mol. The maximum Gasteiger partial charge on any atom is 0.416 e. The van der Waals surface area contributed by atoms with Crippen LogP contribution in [0, 0.1) is 0 Å². The summed E-state index contributed by atoms with van der Waals surface area (Å²) in [5.74, 6) is -0.684. The number of carbonyl (C=O) groups excluding carboxylic acids is 2. The number of carbonyl (C=O) groups is 2. The molecule has 2 aromatic heterocycles. The Morgan fingerprint density at radius 1 is 1.16 bits per heavy atom. The van der Waals surface area contributed by atoms with Gasteiger partial charge in [-0.1, -0.05) is 23.2 Å². The standard InChI is InChI=1S/C18H11BrCl2F3N5O3/c1-32-17(31)26-11-6-8(18(22,23)24)5-10(21)14(11)27-16(30)12-7-13(19)28-29(12)15-9(20)3-2-4-25-15/h2-7H,1H3,(H,26,31)(H,27,30). The smallest absolute Gasteiger partial charge is 0.416 e. The topological polar surface area (TPSA) is 98.1 Å². The number of amides is 2. The number of methoxy groups -OCH3 is 1. The second kappa shape index (κ2) is 9.35. The number of benzene rings is 1. The molecule has 0 radical (unpaired) electrons. The second-order valence-corrected chi connectivity index (χ2v) is 7.65. The molecule has 0 fully saturated rings. The van der Waals surface area contributed by atoms with Gasteiger partial charge in [-0.15, -0.1) is 0 Å². The zero-order chi connectivity index (χ0) is 23.6. The summed E-state index contributed by atoms with van der Waals surface area (Å²) in [5, 5.41) is 8.32. The van der Waals surface area contributed by atoms with E-state index in [0.717, 1.165) is 11.8 Å². The predicted octanol–water partition coefficient (Wildman–Crippen LogP) is 5.79. The van der Waals surface area contributed by atoms with Gasteiger partial charge in [0.25, 0.3) is 5.91 Å². The molecule has 0 saturated heterocycles. The summed E-state index contributed by atoms with van der Waals surface area (Å²) in [7, 11) is 1.02. The van der Waals surface area contributed by atoms with E-state index in [2.05, 4.69) is 41.4 Å². The van der Waals surface area contributed by atoms with Crippen LogP contribution in [0.1, 0.15) is 16.1 Å². The number of nitrogens with one attached hydrogen (secondary N) is 2. The molecule has 0 unspecified atom stereocenters. The van der Waals surface area contributed by atoms with Gasteiger partial charge in [0.1, 0.15) is 10.3 Å². The van der Waals surface area contributed by atoms with Crippen molar-refractivity contribution < 1.29 is 27.5 Å². The number of alkyl halides is 3. The molecule has 3 aromatic rings. The molecule has 8 nitrogen and oxygen atoms in total. The summed E-state index contributed by atoms with van der Waals surface area (Å²) in [6, 6.07) is 5.68. The second-order valence-electron chi connectivity index (χ2n) is 6.02. The van der Waals surface area contributed by atoms with E-state index in [1.807, 2.05) is 0 Å². The van der Waals surface area contributed by atoms with Crippen molar-refractivity contribution in [1.29, 1.82) is 0 Å². The van der Waals surface area contributed by atoms with Crippen molar-refractivity contribution in [3.05, 3.63) is 62.4 Å². The molecule has 0 aliphatic heterocycles. The molecule has 0 aliphatic carbocycles. The molecule has 2 amide bonds. The first-order valence-electron chi connectivity index (χ1n) is 8.44. The summed E-state index contributed by atoms with van der Waals surface area (Å²) in [4.78, 5) is 28.7. The third-order valence-electron chi connectivity index (χ3n) is 3.93. The molecule has 14 heteroatoms. The van der Waals surface area contributed by atoms with Crippen molar-refractivity contribution in [2.45, 2.75) is 6.18 Å². The van der Waals surface area contributed by atoms with Crippen LogP contribution in [0.15, 0.2) is 41.1 Å². The largest absolute Gasteiger partial charge is 0.453 e. The Hall–Kier alpha value is -2.83. The first-order chi connectivity index (χ1) is 15.0. The Morgan fingerprint density at radius 2 is 1.88 bits per heavy atom. The number of nitrogens with zero attached hydrogens (tertiary/aromatic N) is 3. The van der Waals surface area contributed by atoms with E-state index < -0.39 is 34.5 Å². The molecule has 0 spiro atoms. The lowest BCUT2D eigenvalue weighted by Gasteiger charge is -2.17. The van der Waals surface area contributed by atoms with Gasteiger partial charge in [0, 0.05) is 12.3 Å².